The molecular weight excluding hydrogens is 330 g/mol. The maximum atomic E-state index is 5.13. The normalized spacial score (nSPS) is 20.9. The zero-order valence-electron chi connectivity index (χ0n) is 15.5. The Morgan fingerprint density at radius 2 is 1.30 bits per heavy atom. The lowest BCUT2D eigenvalue weighted by atomic mass is 9.69. The maximum absolute atomic E-state index is 5.13. The van der Waals surface area contributed by atoms with Crippen molar-refractivity contribution < 1.29 is 4.84 Å². The highest BCUT2D eigenvalue weighted by atomic mass is 16.6. The maximum Gasteiger partial charge on any atom is 0.106 e. The van der Waals surface area contributed by atoms with E-state index >= 15 is 0 Å². The number of rotatable bonds is 4. The lowest BCUT2D eigenvalue weighted by Crippen LogP contribution is -2.22. The minimum Gasteiger partial charge on any atom is -0.399 e. The van der Waals surface area contributed by atoms with E-state index in [1.165, 1.54) is 22.3 Å². The van der Waals surface area contributed by atoms with Crippen LogP contribution in [0.4, 0.5) is 0 Å². The van der Waals surface area contributed by atoms with Gasteiger partial charge in [0.05, 0.1) is 5.71 Å². The predicted octanol–water partition coefficient (Wildman–Crippen LogP) is 6.04. The van der Waals surface area contributed by atoms with Crippen molar-refractivity contribution in [3.8, 4) is 0 Å². The van der Waals surface area contributed by atoms with Crippen molar-refractivity contribution in [3.05, 3.63) is 114 Å². The number of hydrogen-bond donors (Lipinski definition) is 0. The molecule has 0 aromatic heterocycles. The molecule has 27 heavy (non-hydrogen) atoms. The van der Waals surface area contributed by atoms with Gasteiger partial charge in [-0.05, 0) is 28.3 Å². The van der Waals surface area contributed by atoms with Crippen molar-refractivity contribution in [1.82, 2.24) is 0 Å². The first-order valence-electron chi connectivity index (χ1n) is 9.33. The minimum absolute atomic E-state index is 0.270. The highest BCUT2D eigenvalue weighted by Crippen LogP contribution is 2.47. The Hall–Kier alpha value is -3.13. The molecule has 1 aliphatic rings. The summed E-state index contributed by atoms with van der Waals surface area (Å²) in [5, 5.41) is 4.30. The van der Waals surface area contributed by atoms with Gasteiger partial charge in [-0.15, -0.1) is 0 Å². The molecule has 2 nitrogen and oxygen atoms in total. The van der Waals surface area contributed by atoms with E-state index in [0.29, 0.717) is 5.92 Å². The van der Waals surface area contributed by atoms with Gasteiger partial charge < -0.3 is 4.84 Å². The van der Waals surface area contributed by atoms with Gasteiger partial charge in [0.25, 0.3) is 0 Å². The third-order valence-electron chi connectivity index (χ3n) is 5.19. The molecular formula is C25H23NO. The molecule has 134 valence electrons. The van der Waals surface area contributed by atoms with Gasteiger partial charge in [-0.1, -0.05) is 96.2 Å². The Labute approximate surface area is 160 Å². The monoisotopic (exact) mass is 353 g/mol. The first-order valence-corrected chi connectivity index (χ1v) is 9.33. The molecule has 0 aliphatic heterocycles. The van der Waals surface area contributed by atoms with E-state index in [1.54, 1.807) is 7.11 Å². The summed E-state index contributed by atoms with van der Waals surface area (Å²) in [7, 11) is 1.61. The molecule has 0 radical (unpaired) electrons. The van der Waals surface area contributed by atoms with Crippen LogP contribution in [0.25, 0.3) is 5.57 Å². The van der Waals surface area contributed by atoms with Gasteiger partial charge in [-0.2, -0.15) is 0 Å². The molecule has 0 saturated carbocycles. The fourth-order valence-electron chi connectivity index (χ4n) is 4.05. The Kier molecular flexibility index (Phi) is 5.15. The summed E-state index contributed by atoms with van der Waals surface area (Å²) in [4.78, 5) is 5.13. The molecule has 0 saturated heterocycles. The third-order valence-corrected chi connectivity index (χ3v) is 5.19. The highest BCUT2D eigenvalue weighted by molar-refractivity contribution is 6.04. The second kappa shape index (κ2) is 8.05. The van der Waals surface area contributed by atoms with Crippen molar-refractivity contribution in [2.75, 3.05) is 7.11 Å². The van der Waals surface area contributed by atoms with Crippen LogP contribution in [0.15, 0.2) is 102 Å². The summed E-state index contributed by atoms with van der Waals surface area (Å²) in [6.45, 7) is 0. The second-order valence-corrected chi connectivity index (χ2v) is 6.84. The molecule has 0 heterocycles. The topological polar surface area (TPSA) is 21.6 Å². The van der Waals surface area contributed by atoms with Crippen molar-refractivity contribution >= 4 is 11.3 Å². The van der Waals surface area contributed by atoms with E-state index in [0.717, 1.165) is 12.1 Å². The first kappa shape index (κ1) is 17.3. The quantitative estimate of drug-likeness (QED) is 0.524. The van der Waals surface area contributed by atoms with Crippen molar-refractivity contribution in [1.29, 1.82) is 0 Å². The summed E-state index contributed by atoms with van der Waals surface area (Å²) in [6.07, 6.45) is 3.06. The van der Waals surface area contributed by atoms with E-state index in [9.17, 15) is 0 Å². The first-order chi connectivity index (χ1) is 13.4. The van der Waals surface area contributed by atoms with Crippen LogP contribution < -0.4 is 0 Å². The average molecular weight is 353 g/mol. The lowest BCUT2D eigenvalue weighted by Gasteiger charge is -2.34. The minimum atomic E-state index is 0.270. The van der Waals surface area contributed by atoms with Gasteiger partial charge in [-0.3, -0.25) is 0 Å². The molecule has 0 fully saturated rings. The van der Waals surface area contributed by atoms with Crippen LogP contribution >= 0.6 is 0 Å². The van der Waals surface area contributed by atoms with Crippen molar-refractivity contribution in [2.45, 2.75) is 18.3 Å². The lowest BCUT2D eigenvalue weighted by molar-refractivity contribution is 0.212. The van der Waals surface area contributed by atoms with Gasteiger partial charge in [0, 0.05) is 18.3 Å². The Bertz CT molecular complexity index is 930. The molecule has 3 aromatic rings. The molecule has 3 aromatic carbocycles. The molecule has 0 spiro atoms. The highest BCUT2D eigenvalue weighted by Gasteiger charge is 2.33. The number of allylic oxidation sites excluding steroid dienone is 2. The van der Waals surface area contributed by atoms with Gasteiger partial charge in [0.15, 0.2) is 0 Å². The SMILES string of the molecule is CON=C1C=C(c2ccccc2)C(c2ccccc2)C(c2ccccc2)C1. The van der Waals surface area contributed by atoms with Crippen LogP contribution in [0.5, 0.6) is 0 Å². The zero-order chi connectivity index (χ0) is 18.5. The van der Waals surface area contributed by atoms with Crippen LogP contribution in [0.3, 0.4) is 0 Å². The van der Waals surface area contributed by atoms with E-state index in [2.05, 4.69) is 102 Å². The van der Waals surface area contributed by atoms with E-state index in [1.807, 2.05) is 0 Å². The summed E-state index contributed by atoms with van der Waals surface area (Å²) in [5.41, 5.74) is 6.17. The summed E-state index contributed by atoms with van der Waals surface area (Å²) in [5.74, 6) is 0.578. The Morgan fingerprint density at radius 3 is 1.89 bits per heavy atom. The molecule has 2 atom stereocenters. The molecule has 2 unspecified atom stereocenters. The Balaban J connectivity index is 1.90. The number of hydrogen-bond acceptors (Lipinski definition) is 2. The van der Waals surface area contributed by atoms with E-state index in [4.69, 9.17) is 4.84 Å². The molecule has 2 heteroatoms. The van der Waals surface area contributed by atoms with E-state index < -0.39 is 0 Å². The van der Waals surface area contributed by atoms with Crippen LogP contribution in [0, 0.1) is 0 Å². The van der Waals surface area contributed by atoms with Gasteiger partial charge in [0.2, 0.25) is 0 Å². The fraction of sp³-hybridized carbons (Fsp3) is 0.160. The number of oxime groups is 1. The number of nitrogens with zero attached hydrogens (tertiary/aromatic N) is 1. The second-order valence-electron chi connectivity index (χ2n) is 6.84. The number of benzene rings is 3. The molecule has 1 aliphatic carbocycles. The van der Waals surface area contributed by atoms with Crippen LogP contribution in [0.1, 0.15) is 34.9 Å². The standard InChI is InChI=1S/C25H23NO/c1-27-26-22-17-23(19-11-5-2-6-12-19)25(21-15-9-4-10-16-21)24(18-22)20-13-7-3-8-14-20/h2-17,24-25H,18H2,1H3. The van der Waals surface area contributed by atoms with Gasteiger partial charge >= 0.3 is 0 Å². The molecule has 0 N–H and O–H groups in total. The predicted molar refractivity (Wildman–Crippen MR) is 112 cm³/mol. The summed E-state index contributed by atoms with van der Waals surface area (Å²) < 4.78 is 0. The third kappa shape index (κ3) is 3.70. The van der Waals surface area contributed by atoms with Crippen LogP contribution in [-0.2, 0) is 4.84 Å². The molecule has 0 bridgehead atoms. The van der Waals surface area contributed by atoms with Crippen LogP contribution in [0.2, 0.25) is 0 Å². The smallest absolute Gasteiger partial charge is 0.106 e. The fourth-order valence-corrected chi connectivity index (χ4v) is 4.05. The van der Waals surface area contributed by atoms with Gasteiger partial charge in [-0.25, -0.2) is 0 Å². The Morgan fingerprint density at radius 1 is 0.741 bits per heavy atom. The summed E-state index contributed by atoms with van der Waals surface area (Å²) in [6, 6.07) is 32.1. The van der Waals surface area contributed by atoms with Crippen molar-refractivity contribution in [3.63, 3.8) is 0 Å². The zero-order valence-corrected chi connectivity index (χ0v) is 15.5. The summed E-state index contributed by atoms with van der Waals surface area (Å²) >= 11 is 0. The molecule has 4 rings (SSSR count). The molecule has 0 amide bonds. The largest absolute Gasteiger partial charge is 0.399 e. The van der Waals surface area contributed by atoms with Crippen molar-refractivity contribution in [2.24, 2.45) is 5.16 Å². The van der Waals surface area contributed by atoms with Gasteiger partial charge in [0.1, 0.15) is 7.11 Å². The van der Waals surface area contributed by atoms with Crippen LogP contribution in [-0.4, -0.2) is 12.8 Å². The van der Waals surface area contributed by atoms with E-state index in [-0.39, 0.29) is 5.92 Å². The average Bonchev–Trinajstić information content (AvgIpc) is 2.75.